The van der Waals surface area contributed by atoms with Gasteiger partial charge >= 0.3 is 0 Å². The molecule has 0 saturated carbocycles. The number of hydrogen-bond acceptors (Lipinski definition) is 4. The highest BCUT2D eigenvalue weighted by atomic mass is 35.5. The van der Waals surface area contributed by atoms with E-state index in [4.69, 9.17) is 17.3 Å². The highest BCUT2D eigenvalue weighted by molar-refractivity contribution is 6.33. The van der Waals surface area contributed by atoms with Crippen LogP contribution in [0.25, 0.3) is 0 Å². The van der Waals surface area contributed by atoms with Gasteiger partial charge in [-0.25, -0.2) is 4.98 Å². The standard InChI is InChI=1S/C13H21ClN4O/c1-4-9(2)18(3)6-5-16-13(19)10-7-12(15)17-8-11(10)14/h7-9H,4-6H2,1-3H3,(H2,15,17)(H,16,19). The normalized spacial score (nSPS) is 12.5. The second-order valence-corrected chi connectivity index (χ2v) is 4.99. The molecule has 0 spiro atoms. The van der Waals surface area contributed by atoms with Gasteiger partial charge in [-0.05, 0) is 26.5 Å². The zero-order valence-electron chi connectivity index (χ0n) is 11.6. The van der Waals surface area contributed by atoms with Crippen molar-refractivity contribution in [1.29, 1.82) is 0 Å². The minimum absolute atomic E-state index is 0.225. The van der Waals surface area contributed by atoms with Crippen LogP contribution >= 0.6 is 11.6 Å². The van der Waals surface area contributed by atoms with Crippen LogP contribution in [-0.4, -0.2) is 42.0 Å². The number of nitrogens with one attached hydrogen (secondary N) is 1. The summed E-state index contributed by atoms with van der Waals surface area (Å²) >= 11 is 5.92. The van der Waals surface area contributed by atoms with Crippen LogP contribution in [0.4, 0.5) is 5.82 Å². The number of anilines is 1. The Morgan fingerprint density at radius 3 is 2.95 bits per heavy atom. The molecule has 1 amide bonds. The SMILES string of the molecule is CCC(C)N(C)CCNC(=O)c1cc(N)ncc1Cl. The lowest BCUT2D eigenvalue weighted by Gasteiger charge is -2.23. The first-order chi connectivity index (χ1) is 8.95. The minimum Gasteiger partial charge on any atom is -0.384 e. The molecule has 0 radical (unpaired) electrons. The molecule has 5 nitrogen and oxygen atoms in total. The Morgan fingerprint density at radius 1 is 1.63 bits per heavy atom. The van der Waals surface area contributed by atoms with Gasteiger partial charge in [-0.15, -0.1) is 0 Å². The van der Waals surface area contributed by atoms with Crippen LogP contribution in [0.5, 0.6) is 0 Å². The molecule has 0 bridgehead atoms. The molecule has 1 heterocycles. The van der Waals surface area contributed by atoms with Gasteiger partial charge in [-0.1, -0.05) is 18.5 Å². The molecule has 0 aliphatic heterocycles. The highest BCUT2D eigenvalue weighted by Crippen LogP contribution is 2.16. The fraction of sp³-hybridized carbons (Fsp3) is 0.538. The van der Waals surface area contributed by atoms with Crippen LogP contribution in [0.15, 0.2) is 12.3 Å². The summed E-state index contributed by atoms with van der Waals surface area (Å²) in [6, 6.07) is 1.98. The third-order valence-electron chi connectivity index (χ3n) is 3.21. The van der Waals surface area contributed by atoms with Gasteiger partial charge < -0.3 is 16.0 Å². The Labute approximate surface area is 119 Å². The molecule has 1 unspecified atom stereocenters. The van der Waals surface area contributed by atoms with Crippen LogP contribution in [0.2, 0.25) is 5.02 Å². The first-order valence-corrected chi connectivity index (χ1v) is 6.73. The smallest absolute Gasteiger partial charge is 0.253 e. The molecule has 0 saturated heterocycles. The molecule has 19 heavy (non-hydrogen) atoms. The monoisotopic (exact) mass is 284 g/mol. The maximum atomic E-state index is 11.9. The van der Waals surface area contributed by atoms with Crippen LogP contribution in [0.3, 0.4) is 0 Å². The molecule has 1 aromatic heterocycles. The molecule has 1 atom stereocenters. The molecule has 0 fully saturated rings. The van der Waals surface area contributed by atoms with E-state index in [1.807, 2.05) is 7.05 Å². The number of pyridine rings is 1. The molecule has 3 N–H and O–H groups in total. The van der Waals surface area contributed by atoms with E-state index in [0.29, 0.717) is 23.2 Å². The first-order valence-electron chi connectivity index (χ1n) is 6.35. The molecule has 0 aliphatic carbocycles. The van der Waals surface area contributed by atoms with E-state index in [-0.39, 0.29) is 11.7 Å². The van der Waals surface area contributed by atoms with Crippen molar-refractivity contribution in [3.63, 3.8) is 0 Å². The van der Waals surface area contributed by atoms with E-state index in [0.717, 1.165) is 13.0 Å². The van der Waals surface area contributed by atoms with Gasteiger partial charge in [-0.3, -0.25) is 4.79 Å². The van der Waals surface area contributed by atoms with E-state index in [1.54, 1.807) is 0 Å². The molecule has 1 aromatic rings. The molecule has 6 heteroatoms. The Hall–Kier alpha value is -1.33. The summed E-state index contributed by atoms with van der Waals surface area (Å²) < 4.78 is 0. The lowest BCUT2D eigenvalue weighted by molar-refractivity contribution is 0.0947. The second kappa shape index (κ2) is 7.31. The summed E-state index contributed by atoms with van der Waals surface area (Å²) in [5.41, 5.74) is 5.90. The van der Waals surface area contributed by atoms with E-state index < -0.39 is 0 Å². The van der Waals surface area contributed by atoms with Crippen molar-refractivity contribution in [2.75, 3.05) is 25.9 Å². The predicted octanol–water partition coefficient (Wildman–Crippen LogP) is 1.78. The Balaban J connectivity index is 2.50. The third kappa shape index (κ3) is 4.69. The molecule has 0 aromatic carbocycles. The van der Waals surface area contributed by atoms with Crippen LogP contribution in [-0.2, 0) is 0 Å². The number of amides is 1. The summed E-state index contributed by atoms with van der Waals surface area (Å²) in [5, 5.41) is 3.14. The number of nitrogens with two attached hydrogens (primary N) is 1. The van der Waals surface area contributed by atoms with E-state index >= 15 is 0 Å². The zero-order chi connectivity index (χ0) is 14.4. The molecular weight excluding hydrogens is 264 g/mol. The number of hydrogen-bond donors (Lipinski definition) is 2. The van der Waals surface area contributed by atoms with Crippen molar-refractivity contribution in [3.8, 4) is 0 Å². The summed E-state index contributed by atoms with van der Waals surface area (Å²) in [4.78, 5) is 18.0. The number of nitrogens with zero attached hydrogens (tertiary/aromatic N) is 2. The summed E-state index contributed by atoms with van der Waals surface area (Å²) in [5.74, 6) is 0.0583. The Morgan fingerprint density at radius 2 is 2.32 bits per heavy atom. The largest absolute Gasteiger partial charge is 0.384 e. The number of carbonyl (C=O) groups is 1. The summed E-state index contributed by atoms with van der Waals surface area (Å²) in [7, 11) is 2.04. The molecule has 1 rings (SSSR count). The van der Waals surface area contributed by atoms with Crippen molar-refractivity contribution in [2.45, 2.75) is 26.3 Å². The maximum absolute atomic E-state index is 11.9. The summed E-state index contributed by atoms with van der Waals surface area (Å²) in [6.45, 7) is 5.65. The van der Waals surface area contributed by atoms with Gasteiger partial charge in [0.2, 0.25) is 0 Å². The lowest BCUT2D eigenvalue weighted by Crippen LogP contribution is -2.37. The van der Waals surface area contributed by atoms with Crippen molar-refractivity contribution < 1.29 is 4.79 Å². The number of halogens is 1. The van der Waals surface area contributed by atoms with Gasteiger partial charge in [0, 0.05) is 25.3 Å². The zero-order valence-corrected chi connectivity index (χ0v) is 12.4. The van der Waals surface area contributed by atoms with E-state index in [9.17, 15) is 4.79 Å². The van der Waals surface area contributed by atoms with Crippen LogP contribution < -0.4 is 11.1 Å². The number of aromatic nitrogens is 1. The number of rotatable bonds is 6. The average molecular weight is 285 g/mol. The van der Waals surface area contributed by atoms with Gasteiger partial charge in [0.15, 0.2) is 0 Å². The molecule has 106 valence electrons. The van der Waals surface area contributed by atoms with Gasteiger partial charge in [0.25, 0.3) is 5.91 Å². The fourth-order valence-electron chi connectivity index (χ4n) is 1.60. The quantitative estimate of drug-likeness (QED) is 0.835. The topological polar surface area (TPSA) is 71.2 Å². The van der Waals surface area contributed by atoms with Crippen molar-refractivity contribution in [2.24, 2.45) is 0 Å². The Bertz CT molecular complexity index is 439. The fourth-order valence-corrected chi connectivity index (χ4v) is 1.79. The maximum Gasteiger partial charge on any atom is 0.253 e. The number of likely N-dealkylation sites (N-methyl/N-ethyl adjacent to an activating group) is 1. The van der Waals surface area contributed by atoms with Crippen molar-refractivity contribution >= 4 is 23.3 Å². The van der Waals surface area contributed by atoms with Gasteiger partial charge in [-0.2, -0.15) is 0 Å². The van der Waals surface area contributed by atoms with Crippen molar-refractivity contribution in [1.82, 2.24) is 15.2 Å². The summed E-state index contributed by atoms with van der Waals surface area (Å²) in [6.07, 6.45) is 2.47. The van der Waals surface area contributed by atoms with E-state index in [2.05, 4.69) is 29.0 Å². The predicted molar refractivity (Wildman–Crippen MR) is 78.4 cm³/mol. The first kappa shape index (κ1) is 15.7. The number of nitrogen functional groups attached to an aromatic ring is 1. The number of carbonyl (C=O) groups excluding carboxylic acids is 1. The Kier molecular flexibility index (Phi) is 6.05. The third-order valence-corrected chi connectivity index (χ3v) is 3.52. The molecular formula is C13H21ClN4O. The highest BCUT2D eigenvalue weighted by Gasteiger charge is 2.12. The second-order valence-electron chi connectivity index (χ2n) is 4.58. The average Bonchev–Trinajstić information content (AvgIpc) is 2.40. The van der Waals surface area contributed by atoms with Crippen LogP contribution in [0, 0.1) is 0 Å². The van der Waals surface area contributed by atoms with Gasteiger partial charge in [0.1, 0.15) is 5.82 Å². The van der Waals surface area contributed by atoms with E-state index in [1.165, 1.54) is 12.3 Å². The van der Waals surface area contributed by atoms with Gasteiger partial charge in [0.05, 0.1) is 10.6 Å². The van der Waals surface area contributed by atoms with Crippen molar-refractivity contribution in [3.05, 3.63) is 22.8 Å². The van der Waals surface area contributed by atoms with Crippen LogP contribution in [0.1, 0.15) is 30.6 Å². The minimum atomic E-state index is -0.225. The molecule has 0 aliphatic rings. The lowest BCUT2D eigenvalue weighted by atomic mass is 10.2.